The van der Waals surface area contributed by atoms with E-state index in [1.54, 1.807) is 0 Å². The third-order valence-electron chi connectivity index (χ3n) is 1.80. The van der Waals surface area contributed by atoms with Gasteiger partial charge >= 0.3 is 0 Å². The molecule has 14 heavy (non-hydrogen) atoms. The van der Waals surface area contributed by atoms with Gasteiger partial charge in [-0.3, -0.25) is 0 Å². The molecular weight excluding hydrogens is 212 g/mol. The Kier molecular flexibility index (Phi) is 4.30. The van der Waals surface area contributed by atoms with Gasteiger partial charge in [0.05, 0.1) is 22.1 Å². The summed E-state index contributed by atoms with van der Waals surface area (Å²) in [7, 11) is 0. The summed E-state index contributed by atoms with van der Waals surface area (Å²) >= 11 is 9.04. The van der Waals surface area contributed by atoms with Gasteiger partial charge in [-0.25, -0.2) is 4.99 Å². The van der Waals surface area contributed by atoms with E-state index >= 15 is 0 Å². The summed E-state index contributed by atoms with van der Waals surface area (Å²) in [5.74, 6) is 0. The second-order valence-electron chi connectivity index (χ2n) is 2.69. The van der Waals surface area contributed by atoms with Crippen LogP contribution in [0.5, 0.6) is 0 Å². The van der Waals surface area contributed by atoms with Crippen molar-refractivity contribution in [3.05, 3.63) is 29.8 Å². The molecule has 0 aliphatic carbocycles. The lowest BCUT2D eigenvalue weighted by Crippen LogP contribution is -1.87. The predicted molar refractivity (Wildman–Crippen MR) is 64.6 cm³/mol. The molecule has 2 nitrogen and oxygen atoms in total. The molecule has 0 saturated heterocycles. The summed E-state index contributed by atoms with van der Waals surface area (Å²) < 4.78 is 0. The Hall–Kier alpha value is -1.18. The van der Waals surface area contributed by atoms with E-state index in [1.165, 1.54) is 0 Å². The fourth-order valence-corrected chi connectivity index (χ4v) is 1.30. The Balaban J connectivity index is 2.92. The Labute approximate surface area is 93.4 Å². The van der Waals surface area contributed by atoms with Crippen LogP contribution >= 0.6 is 24.4 Å². The number of isothiocyanates is 2. The van der Waals surface area contributed by atoms with Crippen LogP contribution in [-0.2, 0) is 0 Å². The molecule has 0 aliphatic heterocycles. The summed E-state index contributed by atoms with van der Waals surface area (Å²) in [6.45, 7) is 1.96. The standard InChI is InChI=1S/C10H8N2S2/c1-8(11-6-13)9-2-4-10(5-3-9)12-7-14/h2-5,8H,1H3. The average molecular weight is 220 g/mol. The number of hydrogen-bond donors (Lipinski definition) is 0. The van der Waals surface area contributed by atoms with Gasteiger partial charge in [-0.2, -0.15) is 4.99 Å². The monoisotopic (exact) mass is 220 g/mol. The fraction of sp³-hybridized carbons (Fsp3) is 0.200. The topological polar surface area (TPSA) is 24.7 Å². The number of benzene rings is 1. The first-order valence-electron chi connectivity index (χ1n) is 4.02. The maximum atomic E-state index is 4.54. The molecule has 0 N–H and O–H groups in total. The maximum absolute atomic E-state index is 4.54. The molecule has 0 saturated carbocycles. The van der Waals surface area contributed by atoms with Crippen molar-refractivity contribution in [3.63, 3.8) is 0 Å². The van der Waals surface area contributed by atoms with E-state index in [-0.39, 0.29) is 6.04 Å². The molecule has 0 heterocycles. The average Bonchev–Trinajstić information content (AvgIpc) is 2.20. The molecule has 1 unspecified atom stereocenters. The number of aliphatic imine (C=N–C) groups is 2. The molecule has 1 atom stereocenters. The number of rotatable bonds is 3. The van der Waals surface area contributed by atoms with E-state index in [4.69, 9.17) is 0 Å². The van der Waals surface area contributed by atoms with Crippen molar-refractivity contribution in [1.29, 1.82) is 0 Å². The first-order chi connectivity index (χ1) is 6.77. The van der Waals surface area contributed by atoms with Gasteiger partial charge in [0.2, 0.25) is 0 Å². The van der Waals surface area contributed by atoms with Crippen LogP contribution in [0.4, 0.5) is 5.69 Å². The molecule has 0 radical (unpaired) electrons. The van der Waals surface area contributed by atoms with Crippen molar-refractivity contribution in [2.45, 2.75) is 13.0 Å². The summed E-state index contributed by atoms with van der Waals surface area (Å²) in [5, 5.41) is 4.68. The van der Waals surface area contributed by atoms with Gasteiger partial charge in [0, 0.05) is 0 Å². The van der Waals surface area contributed by atoms with Crippen LogP contribution in [0, 0.1) is 0 Å². The first kappa shape index (κ1) is 10.9. The van der Waals surface area contributed by atoms with E-state index in [0.29, 0.717) is 0 Å². The number of nitrogens with zero attached hydrogens (tertiary/aromatic N) is 2. The largest absolute Gasteiger partial charge is 0.225 e. The summed E-state index contributed by atoms with van der Waals surface area (Å²) in [6.07, 6.45) is 0. The molecule has 0 fully saturated rings. The minimum absolute atomic E-state index is 0.0398. The zero-order chi connectivity index (χ0) is 10.4. The lowest BCUT2D eigenvalue weighted by atomic mass is 10.1. The van der Waals surface area contributed by atoms with Crippen molar-refractivity contribution in [2.24, 2.45) is 9.98 Å². The van der Waals surface area contributed by atoms with Crippen molar-refractivity contribution in [2.75, 3.05) is 0 Å². The highest BCUT2D eigenvalue weighted by molar-refractivity contribution is 7.78. The molecule has 0 spiro atoms. The van der Waals surface area contributed by atoms with E-state index in [0.717, 1.165) is 11.3 Å². The molecule has 0 amide bonds. The third-order valence-corrected chi connectivity index (χ3v) is 1.99. The second-order valence-corrected chi connectivity index (χ2v) is 3.06. The lowest BCUT2D eigenvalue weighted by Gasteiger charge is -2.03. The van der Waals surface area contributed by atoms with Crippen LogP contribution in [-0.4, -0.2) is 10.3 Å². The van der Waals surface area contributed by atoms with Gasteiger partial charge in [-0.05, 0) is 49.1 Å². The van der Waals surface area contributed by atoms with Crippen LogP contribution in [0.2, 0.25) is 0 Å². The number of thiocarbonyl (C=S) groups is 2. The Morgan fingerprint density at radius 2 is 1.79 bits per heavy atom. The Morgan fingerprint density at radius 1 is 1.14 bits per heavy atom. The van der Waals surface area contributed by atoms with Gasteiger partial charge in [0.1, 0.15) is 0 Å². The Morgan fingerprint density at radius 3 is 2.29 bits per heavy atom. The highest BCUT2D eigenvalue weighted by Gasteiger charge is 2.01. The molecule has 0 bridgehead atoms. The van der Waals surface area contributed by atoms with Gasteiger partial charge in [-0.1, -0.05) is 12.1 Å². The van der Waals surface area contributed by atoms with Crippen LogP contribution in [0.15, 0.2) is 34.3 Å². The van der Waals surface area contributed by atoms with Crippen molar-refractivity contribution in [1.82, 2.24) is 0 Å². The highest BCUT2D eigenvalue weighted by Crippen LogP contribution is 2.19. The van der Waals surface area contributed by atoms with Crippen molar-refractivity contribution >= 4 is 40.4 Å². The van der Waals surface area contributed by atoms with Crippen LogP contribution < -0.4 is 0 Å². The third kappa shape index (κ3) is 2.95. The zero-order valence-corrected chi connectivity index (χ0v) is 9.23. The van der Waals surface area contributed by atoms with E-state index in [9.17, 15) is 0 Å². The lowest BCUT2D eigenvalue weighted by molar-refractivity contribution is 0.828. The SMILES string of the molecule is CC(N=C=S)c1ccc(N=C=S)cc1. The molecule has 1 aromatic carbocycles. The number of hydrogen-bond acceptors (Lipinski definition) is 4. The fourth-order valence-electron chi connectivity index (χ4n) is 1.03. The summed E-state index contributed by atoms with van der Waals surface area (Å²) in [6, 6.07) is 7.64. The Bertz CT molecular complexity index is 399. The quantitative estimate of drug-likeness (QED) is 0.574. The minimum atomic E-state index is 0.0398. The molecule has 4 heteroatoms. The van der Waals surface area contributed by atoms with Crippen LogP contribution in [0.25, 0.3) is 0 Å². The smallest absolute Gasteiger partial charge is 0.0824 e. The predicted octanol–water partition coefficient (Wildman–Crippen LogP) is 3.58. The molecule has 1 rings (SSSR count). The second kappa shape index (κ2) is 5.53. The molecular formula is C10H8N2S2. The van der Waals surface area contributed by atoms with E-state index < -0.39 is 0 Å². The summed E-state index contributed by atoms with van der Waals surface area (Å²) in [4.78, 5) is 7.82. The highest BCUT2D eigenvalue weighted by atomic mass is 32.1. The molecule has 0 aromatic heterocycles. The van der Waals surface area contributed by atoms with E-state index in [1.807, 2.05) is 31.2 Å². The zero-order valence-electron chi connectivity index (χ0n) is 7.60. The van der Waals surface area contributed by atoms with Gasteiger partial charge in [-0.15, -0.1) is 0 Å². The van der Waals surface area contributed by atoms with E-state index in [2.05, 4.69) is 44.7 Å². The minimum Gasteiger partial charge on any atom is -0.225 e. The normalized spacial score (nSPS) is 10.9. The van der Waals surface area contributed by atoms with Crippen LogP contribution in [0.1, 0.15) is 18.5 Å². The first-order valence-corrected chi connectivity index (χ1v) is 4.84. The van der Waals surface area contributed by atoms with Gasteiger partial charge < -0.3 is 0 Å². The van der Waals surface area contributed by atoms with Gasteiger partial charge in [0.25, 0.3) is 0 Å². The van der Waals surface area contributed by atoms with Gasteiger partial charge in [0.15, 0.2) is 0 Å². The van der Waals surface area contributed by atoms with Crippen molar-refractivity contribution < 1.29 is 0 Å². The molecule has 1 aromatic rings. The van der Waals surface area contributed by atoms with Crippen molar-refractivity contribution in [3.8, 4) is 0 Å². The summed E-state index contributed by atoms with van der Waals surface area (Å²) in [5.41, 5.74) is 1.87. The molecule has 70 valence electrons. The van der Waals surface area contributed by atoms with Crippen LogP contribution in [0.3, 0.4) is 0 Å². The molecule has 0 aliphatic rings. The maximum Gasteiger partial charge on any atom is 0.0824 e.